The van der Waals surface area contributed by atoms with Crippen molar-refractivity contribution in [1.29, 1.82) is 0 Å². The molecule has 1 amide bonds. The largest absolute Gasteiger partial charge is 0.451 e. The van der Waals surface area contributed by atoms with Gasteiger partial charge in [-0.1, -0.05) is 41.6 Å². The molecular weight excluding hydrogens is 432 g/mol. The number of benzene rings is 2. The second kappa shape index (κ2) is 9.42. The number of hydrogen-bond donors (Lipinski definition) is 1. The zero-order valence-corrected chi connectivity index (χ0v) is 17.1. The van der Waals surface area contributed by atoms with Gasteiger partial charge in [0.25, 0.3) is 11.6 Å². The number of para-hydroxylation sites is 1. The van der Waals surface area contributed by atoms with Crippen molar-refractivity contribution < 1.29 is 19.2 Å². The maximum Gasteiger partial charge on any atom is 0.357 e. The molecule has 2 aromatic carbocycles. The molecule has 11 heteroatoms. The number of carbonyl (C=O) groups is 2. The first-order valence-electron chi connectivity index (χ1n) is 8.48. The number of nitrogens with zero attached hydrogens (tertiary/aromatic N) is 3. The van der Waals surface area contributed by atoms with E-state index >= 15 is 0 Å². The molecule has 0 aliphatic heterocycles. The lowest BCUT2D eigenvalue weighted by molar-refractivity contribution is -0.384. The highest BCUT2D eigenvalue weighted by Gasteiger charge is 2.20. The van der Waals surface area contributed by atoms with Crippen LogP contribution in [0.2, 0.25) is 5.02 Å². The summed E-state index contributed by atoms with van der Waals surface area (Å²) in [5, 5.41) is 13.9. The number of esters is 1. The first-order chi connectivity index (χ1) is 14.4. The van der Waals surface area contributed by atoms with E-state index in [1.807, 2.05) is 36.6 Å². The van der Waals surface area contributed by atoms with Crippen LogP contribution in [0.3, 0.4) is 0 Å². The summed E-state index contributed by atoms with van der Waals surface area (Å²) >= 11 is 7.10. The summed E-state index contributed by atoms with van der Waals surface area (Å²) in [7, 11) is 0. The van der Waals surface area contributed by atoms with Crippen LogP contribution in [-0.4, -0.2) is 39.2 Å². The average Bonchev–Trinajstić information content (AvgIpc) is 3.18. The first-order valence-corrected chi connectivity index (χ1v) is 10.1. The van der Waals surface area contributed by atoms with E-state index in [1.165, 1.54) is 30.1 Å². The van der Waals surface area contributed by atoms with Crippen molar-refractivity contribution in [2.45, 2.75) is 5.16 Å². The second-order valence-electron chi connectivity index (χ2n) is 5.85. The standard InChI is InChI=1S/C19H15ClN4O5S/c1-30-19-21-10-16(23(19)13-5-3-2-4-6-13)18(26)29-11-17(25)22-12-7-8-14(20)15(9-12)24(27)28/h2-10H,11H2,1H3,(H,22,25). The molecule has 3 rings (SSSR count). The number of halogens is 1. The van der Waals surface area contributed by atoms with Crippen LogP contribution in [-0.2, 0) is 9.53 Å². The van der Waals surface area contributed by atoms with Crippen LogP contribution in [0.5, 0.6) is 0 Å². The van der Waals surface area contributed by atoms with Crippen molar-refractivity contribution in [3.8, 4) is 5.69 Å². The smallest absolute Gasteiger partial charge is 0.357 e. The minimum absolute atomic E-state index is 0.0526. The van der Waals surface area contributed by atoms with E-state index in [2.05, 4.69) is 10.3 Å². The van der Waals surface area contributed by atoms with Crippen LogP contribution in [0.15, 0.2) is 59.9 Å². The number of hydrogen-bond acceptors (Lipinski definition) is 7. The Labute approximate surface area is 180 Å². The van der Waals surface area contributed by atoms with E-state index in [0.29, 0.717) is 5.16 Å². The Balaban J connectivity index is 1.69. The summed E-state index contributed by atoms with van der Waals surface area (Å²) in [5.74, 6) is -1.39. The summed E-state index contributed by atoms with van der Waals surface area (Å²) < 4.78 is 6.73. The zero-order valence-electron chi connectivity index (χ0n) is 15.6. The zero-order chi connectivity index (χ0) is 21.7. The monoisotopic (exact) mass is 446 g/mol. The summed E-state index contributed by atoms with van der Waals surface area (Å²) in [6.45, 7) is -0.580. The van der Waals surface area contributed by atoms with E-state index in [4.69, 9.17) is 16.3 Å². The quantitative estimate of drug-likeness (QED) is 0.253. The molecule has 0 atom stereocenters. The van der Waals surface area contributed by atoms with Gasteiger partial charge in [0.1, 0.15) is 5.02 Å². The van der Waals surface area contributed by atoms with Gasteiger partial charge in [-0.25, -0.2) is 9.78 Å². The molecule has 0 aliphatic rings. The SMILES string of the molecule is CSc1ncc(C(=O)OCC(=O)Nc2ccc(Cl)c([N+](=O)[O-])c2)n1-c1ccccc1. The molecule has 1 heterocycles. The number of nitro benzene ring substituents is 1. The fourth-order valence-corrected chi connectivity index (χ4v) is 3.31. The molecule has 0 spiro atoms. The number of nitro groups is 1. The number of amides is 1. The van der Waals surface area contributed by atoms with Gasteiger partial charge < -0.3 is 10.1 Å². The van der Waals surface area contributed by atoms with E-state index in [9.17, 15) is 19.7 Å². The Morgan fingerprint density at radius 1 is 1.27 bits per heavy atom. The van der Waals surface area contributed by atoms with Gasteiger partial charge in [-0.15, -0.1) is 0 Å². The molecule has 0 aliphatic carbocycles. The molecule has 1 N–H and O–H groups in total. The summed E-state index contributed by atoms with van der Waals surface area (Å²) in [6, 6.07) is 13.0. The van der Waals surface area contributed by atoms with Gasteiger partial charge in [0.05, 0.1) is 11.1 Å². The Bertz CT molecular complexity index is 1100. The lowest BCUT2D eigenvalue weighted by Crippen LogP contribution is -2.22. The van der Waals surface area contributed by atoms with Crippen LogP contribution in [0.25, 0.3) is 5.69 Å². The lowest BCUT2D eigenvalue weighted by atomic mass is 10.3. The van der Waals surface area contributed by atoms with Gasteiger partial charge in [0.15, 0.2) is 17.5 Å². The lowest BCUT2D eigenvalue weighted by Gasteiger charge is -2.11. The number of ether oxygens (including phenoxy) is 1. The second-order valence-corrected chi connectivity index (χ2v) is 7.03. The third-order valence-electron chi connectivity index (χ3n) is 3.90. The van der Waals surface area contributed by atoms with Gasteiger partial charge in [-0.2, -0.15) is 0 Å². The van der Waals surface area contributed by atoms with Gasteiger partial charge in [0.2, 0.25) is 0 Å². The van der Waals surface area contributed by atoms with Crippen LogP contribution in [0.4, 0.5) is 11.4 Å². The van der Waals surface area contributed by atoms with Crippen LogP contribution in [0.1, 0.15) is 10.5 Å². The Morgan fingerprint density at radius 2 is 2.00 bits per heavy atom. The minimum Gasteiger partial charge on any atom is -0.451 e. The van der Waals surface area contributed by atoms with Gasteiger partial charge in [-0.3, -0.25) is 19.5 Å². The molecular formula is C19H15ClN4O5S. The summed E-state index contributed by atoms with van der Waals surface area (Å²) in [5.41, 5.74) is 0.707. The van der Waals surface area contributed by atoms with Crippen LogP contribution >= 0.6 is 23.4 Å². The number of carbonyl (C=O) groups excluding carboxylic acids is 2. The Hall–Kier alpha value is -3.37. The summed E-state index contributed by atoms with van der Waals surface area (Å²) in [6.07, 6.45) is 3.21. The molecule has 0 bridgehead atoms. The molecule has 154 valence electrons. The van der Waals surface area contributed by atoms with Crippen molar-refractivity contribution >= 4 is 46.6 Å². The van der Waals surface area contributed by atoms with E-state index in [0.717, 1.165) is 11.8 Å². The van der Waals surface area contributed by atoms with E-state index in [1.54, 1.807) is 4.57 Å². The van der Waals surface area contributed by atoms with Crippen LogP contribution in [0, 0.1) is 10.1 Å². The fourth-order valence-electron chi connectivity index (χ4n) is 2.58. The normalized spacial score (nSPS) is 10.5. The van der Waals surface area contributed by atoms with Crippen molar-refractivity contribution in [2.24, 2.45) is 0 Å². The molecule has 0 unspecified atom stereocenters. The molecule has 0 saturated carbocycles. The van der Waals surface area contributed by atoms with Crippen molar-refractivity contribution in [1.82, 2.24) is 9.55 Å². The Kier molecular flexibility index (Phi) is 6.70. The highest BCUT2D eigenvalue weighted by molar-refractivity contribution is 7.98. The maximum absolute atomic E-state index is 12.5. The Morgan fingerprint density at radius 3 is 2.67 bits per heavy atom. The first kappa shape index (κ1) is 21.3. The van der Waals surface area contributed by atoms with Crippen molar-refractivity contribution in [3.63, 3.8) is 0 Å². The maximum atomic E-state index is 12.5. The van der Waals surface area contributed by atoms with E-state index < -0.39 is 23.4 Å². The minimum atomic E-state index is -0.733. The van der Waals surface area contributed by atoms with Gasteiger partial charge >= 0.3 is 5.97 Å². The predicted octanol–water partition coefficient (Wildman–Crippen LogP) is 3.95. The van der Waals surface area contributed by atoms with Crippen molar-refractivity contribution in [2.75, 3.05) is 18.2 Å². The highest BCUT2D eigenvalue weighted by Crippen LogP contribution is 2.27. The molecule has 0 fully saturated rings. The molecule has 0 saturated heterocycles. The van der Waals surface area contributed by atoms with Crippen molar-refractivity contribution in [3.05, 3.63) is 75.6 Å². The molecule has 9 nitrogen and oxygen atoms in total. The third-order valence-corrected chi connectivity index (χ3v) is 4.87. The fraction of sp³-hybridized carbons (Fsp3) is 0.105. The molecule has 30 heavy (non-hydrogen) atoms. The molecule has 1 aromatic heterocycles. The molecule has 0 radical (unpaired) electrons. The number of thioether (sulfide) groups is 1. The summed E-state index contributed by atoms with van der Waals surface area (Å²) in [4.78, 5) is 39.1. The molecule has 3 aromatic rings. The van der Waals surface area contributed by atoms with Gasteiger partial charge in [-0.05, 0) is 30.5 Å². The number of rotatable bonds is 7. The topological polar surface area (TPSA) is 116 Å². The number of aromatic nitrogens is 2. The van der Waals surface area contributed by atoms with Crippen LogP contribution < -0.4 is 5.32 Å². The number of anilines is 1. The average molecular weight is 447 g/mol. The number of nitrogens with one attached hydrogen (secondary N) is 1. The third kappa shape index (κ3) is 4.78. The predicted molar refractivity (Wildman–Crippen MR) is 112 cm³/mol. The van der Waals surface area contributed by atoms with E-state index in [-0.39, 0.29) is 22.1 Å². The highest BCUT2D eigenvalue weighted by atomic mass is 35.5. The van der Waals surface area contributed by atoms with Gasteiger partial charge in [0, 0.05) is 17.4 Å². The number of imidazole rings is 1.